The third-order valence-electron chi connectivity index (χ3n) is 2.79. The van der Waals surface area contributed by atoms with Gasteiger partial charge in [0.2, 0.25) is 0 Å². The second kappa shape index (κ2) is 7.56. The standard InChI is InChI=1S/C16H20N2O/c17-10-12-18-11-9-14-5-4-8-16(13-14)19-15-6-2-1-3-7-15/h1-8,13,18H,9-12,17H2. The van der Waals surface area contributed by atoms with Gasteiger partial charge in [0.1, 0.15) is 11.5 Å². The number of benzene rings is 2. The molecule has 0 heterocycles. The molecule has 0 aromatic heterocycles. The Kier molecular flexibility index (Phi) is 5.41. The molecule has 0 atom stereocenters. The first kappa shape index (κ1) is 13.6. The lowest BCUT2D eigenvalue weighted by Crippen LogP contribution is -2.24. The minimum atomic E-state index is 0.678. The highest BCUT2D eigenvalue weighted by Gasteiger charge is 1.98. The first-order valence-corrected chi connectivity index (χ1v) is 6.61. The number of ether oxygens (including phenoxy) is 1. The lowest BCUT2D eigenvalue weighted by Gasteiger charge is -2.08. The second-order valence-electron chi connectivity index (χ2n) is 4.35. The van der Waals surface area contributed by atoms with Gasteiger partial charge < -0.3 is 15.8 Å². The van der Waals surface area contributed by atoms with Crippen LogP contribution in [0.3, 0.4) is 0 Å². The van der Waals surface area contributed by atoms with E-state index in [0.717, 1.165) is 31.0 Å². The van der Waals surface area contributed by atoms with Crippen molar-refractivity contribution in [3.8, 4) is 11.5 Å². The molecule has 0 amide bonds. The van der Waals surface area contributed by atoms with Crippen LogP contribution in [-0.4, -0.2) is 19.6 Å². The monoisotopic (exact) mass is 256 g/mol. The summed E-state index contributed by atoms with van der Waals surface area (Å²) in [6.45, 7) is 2.48. The fraction of sp³-hybridized carbons (Fsp3) is 0.250. The lowest BCUT2D eigenvalue weighted by atomic mass is 10.1. The van der Waals surface area contributed by atoms with Crippen LogP contribution in [0.2, 0.25) is 0 Å². The van der Waals surface area contributed by atoms with Gasteiger partial charge in [-0.3, -0.25) is 0 Å². The van der Waals surface area contributed by atoms with Crippen LogP contribution in [0.15, 0.2) is 54.6 Å². The molecule has 0 radical (unpaired) electrons. The Morgan fingerprint density at radius 1 is 0.895 bits per heavy atom. The Hall–Kier alpha value is -1.84. The first-order chi connectivity index (χ1) is 9.38. The molecule has 2 aromatic carbocycles. The molecule has 0 fully saturated rings. The summed E-state index contributed by atoms with van der Waals surface area (Å²) in [4.78, 5) is 0. The number of nitrogens with two attached hydrogens (primary N) is 1. The van der Waals surface area contributed by atoms with Gasteiger partial charge in [-0.1, -0.05) is 30.3 Å². The van der Waals surface area contributed by atoms with Gasteiger partial charge in [-0.25, -0.2) is 0 Å². The van der Waals surface area contributed by atoms with Gasteiger partial charge in [-0.05, 0) is 42.8 Å². The summed E-state index contributed by atoms with van der Waals surface area (Å²) in [5.41, 5.74) is 6.70. The van der Waals surface area contributed by atoms with Crippen molar-refractivity contribution in [2.24, 2.45) is 5.73 Å². The molecule has 2 aromatic rings. The van der Waals surface area contributed by atoms with E-state index in [1.165, 1.54) is 5.56 Å². The molecule has 0 spiro atoms. The van der Waals surface area contributed by atoms with Crippen LogP contribution < -0.4 is 15.8 Å². The Bertz CT molecular complexity index is 485. The number of hydrogen-bond donors (Lipinski definition) is 2. The summed E-state index contributed by atoms with van der Waals surface area (Å²) in [6.07, 6.45) is 0.978. The van der Waals surface area contributed by atoms with Gasteiger partial charge in [0.15, 0.2) is 0 Å². The van der Waals surface area contributed by atoms with Gasteiger partial charge >= 0.3 is 0 Å². The zero-order valence-corrected chi connectivity index (χ0v) is 11.0. The number of nitrogens with one attached hydrogen (secondary N) is 1. The second-order valence-corrected chi connectivity index (χ2v) is 4.35. The zero-order valence-electron chi connectivity index (χ0n) is 11.0. The SMILES string of the molecule is NCCNCCc1cccc(Oc2ccccc2)c1. The maximum Gasteiger partial charge on any atom is 0.127 e. The summed E-state index contributed by atoms with van der Waals surface area (Å²) in [7, 11) is 0. The van der Waals surface area contributed by atoms with Crippen molar-refractivity contribution in [1.82, 2.24) is 5.32 Å². The van der Waals surface area contributed by atoms with E-state index in [4.69, 9.17) is 10.5 Å². The molecular formula is C16H20N2O. The molecule has 2 rings (SSSR count). The minimum Gasteiger partial charge on any atom is -0.457 e. The maximum absolute atomic E-state index is 5.81. The third-order valence-corrected chi connectivity index (χ3v) is 2.79. The molecule has 0 bridgehead atoms. The highest BCUT2D eigenvalue weighted by molar-refractivity contribution is 5.33. The predicted octanol–water partition coefficient (Wildman–Crippen LogP) is 2.57. The Balaban J connectivity index is 1.91. The van der Waals surface area contributed by atoms with Crippen molar-refractivity contribution >= 4 is 0 Å². The molecular weight excluding hydrogens is 236 g/mol. The fourth-order valence-corrected chi connectivity index (χ4v) is 1.85. The molecule has 0 unspecified atom stereocenters. The van der Waals surface area contributed by atoms with E-state index >= 15 is 0 Å². The number of rotatable bonds is 7. The van der Waals surface area contributed by atoms with Crippen molar-refractivity contribution in [2.45, 2.75) is 6.42 Å². The summed E-state index contributed by atoms with van der Waals surface area (Å²) in [5, 5.41) is 3.29. The van der Waals surface area contributed by atoms with E-state index in [1.54, 1.807) is 0 Å². The molecule has 0 aliphatic carbocycles. The van der Waals surface area contributed by atoms with Crippen LogP contribution in [0, 0.1) is 0 Å². The third kappa shape index (κ3) is 4.73. The molecule has 0 aliphatic rings. The maximum atomic E-state index is 5.81. The van der Waals surface area contributed by atoms with Crippen LogP contribution in [-0.2, 0) is 6.42 Å². The Labute approximate surface area is 114 Å². The van der Waals surface area contributed by atoms with Crippen LogP contribution in [0.1, 0.15) is 5.56 Å². The minimum absolute atomic E-state index is 0.678. The highest BCUT2D eigenvalue weighted by atomic mass is 16.5. The van der Waals surface area contributed by atoms with Crippen LogP contribution in [0.4, 0.5) is 0 Å². The summed E-state index contributed by atoms with van der Waals surface area (Å²) in [5.74, 6) is 1.74. The molecule has 0 saturated heterocycles. The summed E-state index contributed by atoms with van der Waals surface area (Å²) in [6, 6.07) is 18.0. The molecule has 3 N–H and O–H groups in total. The Morgan fingerprint density at radius 3 is 2.47 bits per heavy atom. The van der Waals surface area contributed by atoms with E-state index in [2.05, 4.69) is 17.4 Å². The average Bonchev–Trinajstić information content (AvgIpc) is 2.45. The van der Waals surface area contributed by atoms with E-state index in [9.17, 15) is 0 Å². The topological polar surface area (TPSA) is 47.3 Å². The highest BCUT2D eigenvalue weighted by Crippen LogP contribution is 2.21. The molecule has 3 nitrogen and oxygen atoms in total. The normalized spacial score (nSPS) is 10.4. The average molecular weight is 256 g/mol. The molecule has 0 saturated carbocycles. The molecule has 19 heavy (non-hydrogen) atoms. The van der Waals surface area contributed by atoms with Crippen LogP contribution in [0.5, 0.6) is 11.5 Å². The molecule has 100 valence electrons. The van der Waals surface area contributed by atoms with Crippen molar-refractivity contribution in [3.05, 3.63) is 60.2 Å². The van der Waals surface area contributed by atoms with E-state index in [1.807, 2.05) is 42.5 Å². The van der Waals surface area contributed by atoms with Crippen molar-refractivity contribution in [3.63, 3.8) is 0 Å². The van der Waals surface area contributed by atoms with Gasteiger partial charge in [0, 0.05) is 13.1 Å². The zero-order chi connectivity index (χ0) is 13.3. The summed E-state index contributed by atoms with van der Waals surface area (Å²) < 4.78 is 5.81. The van der Waals surface area contributed by atoms with E-state index in [-0.39, 0.29) is 0 Å². The van der Waals surface area contributed by atoms with E-state index in [0.29, 0.717) is 6.54 Å². The van der Waals surface area contributed by atoms with Crippen molar-refractivity contribution < 1.29 is 4.74 Å². The van der Waals surface area contributed by atoms with Crippen molar-refractivity contribution in [2.75, 3.05) is 19.6 Å². The van der Waals surface area contributed by atoms with Crippen LogP contribution >= 0.6 is 0 Å². The number of para-hydroxylation sites is 1. The molecule has 0 aliphatic heterocycles. The number of hydrogen-bond acceptors (Lipinski definition) is 3. The molecule has 3 heteroatoms. The largest absolute Gasteiger partial charge is 0.457 e. The quantitative estimate of drug-likeness (QED) is 0.748. The fourth-order valence-electron chi connectivity index (χ4n) is 1.85. The Morgan fingerprint density at radius 2 is 1.68 bits per heavy atom. The summed E-state index contributed by atoms with van der Waals surface area (Å²) >= 11 is 0. The smallest absolute Gasteiger partial charge is 0.127 e. The predicted molar refractivity (Wildman–Crippen MR) is 78.6 cm³/mol. The van der Waals surface area contributed by atoms with Crippen LogP contribution in [0.25, 0.3) is 0 Å². The van der Waals surface area contributed by atoms with E-state index < -0.39 is 0 Å². The van der Waals surface area contributed by atoms with Gasteiger partial charge in [0.25, 0.3) is 0 Å². The van der Waals surface area contributed by atoms with Crippen molar-refractivity contribution in [1.29, 1.82) is 0 Å². The lowest BCUT2D eigenvalue weighted by molar-refractivity contribution is 0.482. The van der Waals surface area contributed by atoms with Gasteiger partial charge in [-0.2, -0.15) is 0 Å². The first-order valence-electron chi connectivity index (χ1n) is 6.61. The van der Waals surface area contributed by atoms with Gasteiger partial charge in [-0.15, -0.1) is 0 Å². The van der Waals surface area contributed by atoms with Gasteiger partial charge in [0.05, 0.1) is 0 Å².